The number of ether oxygens (including phenoxy) is 3. The van der Waals surface area contributed by atoms with Gasteiger partial charge in [0.25, 0.3) is 5.91 Å². The minimum absolute atomic E-state index is 0.250. The van der Waals surface area contributed by atoms with E-state index in [-0.39, 0.29) is 6.61 Å². The molecule has 0 saturated heterocycles. The first-order chi connectivity index (χ1) is 13.1. The van der Waals surface area contributed by atoms with Crippen molar-refractivity contribution in [3.05, 3.63) is 53.6 Å². The van der Waals surface area contributed by atoms with Crippen LogP contribution in [0.5, 0.6) is 11.5 Å². The summed E-state index contributed by atoms with van der Waals surface area (Å²) < 4.78 is 16.5. The third kappa shape index (κ3) is 3.73. The Balaban J connectivity index is 2.03. The van der Waals surface area contributed by atoms with Crippen LogP contribution in [0.25, 0.3) is 10.1 Å². The molecule has 0 spiro atoms. The Bertz CT molecular complexity index is 995. The Morgan fingerprint density at radius 3 is 2.56 bits per heavy atom. The van der Waals surface area contributed by atoms with Crippen LogP contribution < -0.4 is 14.8 Å². The third-order valence-corrected chi connectivity index (χ3v) is 5.04. The van der Waals surface area contributed by atoms with E-state index < -0.39 is 11.9 Å². The summed E-state index contributed by atoms with van der Waals surface area (Å²) in [6.07, 6.45) is 0. The molecular formula is C20H19NO5S. The number of hydrogen-bond donors (Lipinski definition) is 1. The Kier molecular flexibility index (Phi) is 5.61. The van der Waals surface area contributed by atoms with Crippen LogP contribution in [0.4, 0.5) is 5.00 Å². The van der Waals surface area contributed by atoms with Crippen LogP contribution in [0.3, 0.4) is 0 Å². The zero-order valence-corrected chi connectivity index (χ0v) is 16.0. The zero-order chi connectivity index (χ0) is 19.4. The van der Waals surface area contributed by atoms with Crippen molar-refractivity contribution in [1.82, 2.24) is 0 Å². The Hall–Kier alpha value is -3.06. The van der Waals surface area contributed by atoms with Crippen molar-refractivity contribution in [2.24, 2.45) is 0 Å². The maximum absolute atomic E-state index is 12.9. The number of benzene rings is 2. The zero-order valence-electron chi connectivity index (χ0n) is 15.2. The maximum Gasteiger partial charge on any atom is 0.341 e. The highest BCUT2D eigenvalue weighted by atomic mass is 32.1. The molecular weight excluding hydrogens is 366 g/mol. The number of anilines is 1. The molecule has 2 aromatic carbocycles. The molecule has 0 fully saturated rings. The first-order valence-corrected chi connectivity index (χ1v) is 9.12. The van der Waals surface area contributed by atoms with E-state index in [1.165, 1.54) is 25.6 Å². The molecule has 1 heterocycles. The molecule has 3 rings (SSSR count). The van der Waals surface area contributed by atoms with Gasteiger partial charge in [-0.15, -0.1) is 11.3 Å². The molecule has 3 aromatic rings. The van der Waals surface area contributed by atoms with Gasteiger partial charge in [-0.2, -0.15) is 0 Å². The molecule has 6 nitrogen and oxygen atoms in total. The number of rotatable bonds is 6. The third-order valence-electron chi connectivity index (χ3n) is 3.95. The van der Waals surface area contributed by atoms with Crippen molar-refractivity contribution in [3.63, 3.8) is 0 Å². The smallest absolute Gasteiger partial charge is 0.341 e. The lowest BCUT2D eigenvalue weighted by atomic mass is 10.1. The molecule has 1 aromatic heterocycles. The average molecular weight is 385 g/mol. The number of carbonyl (C=O) groups is 2. The number of esters is 1. The first-order valence-electron chi connectivity index (χ1n) is 8.31. The highest BCUT2D eigenvalue weighted by Gasteiger charge is 2.23. The lowest BCUT2D eigenvalue weighted by Crippen LogP contribution is -2.15. The van der Waals surface area contributed by atoms with E-state index in [0.29, 0.717) is 27.6 Å². The van der Waals surface area contributed by atoms with Crippen LogP contribution in [0.1, 0.15) is 27.6 Å². The van der Waals surface area contributed by atoms with Crippen LogP contribution in [-0.4, -0.2) is 32.7 Å². The lowest BCUT2D eigenvalue weighted by Gasteiger charge is -2.11. The van der Waals surface area contributed by atoms with E-state index in [1.54, 1.807) is 25.1 Å². The molecule has 0 aliphatic rings. The standard InChI is InChI=1S/C20H19NO5S/c1-4-26-20(23)17-13-7-5-6-8-16(13)27-19(17)21-18(22)14-11-12(24-2)9-10-15(14)25-3/h5-11H,4H2,1-3H3,(H,21,22). The van der Waals surface area contributed by atoms with E-state index in [9.17, 15) is 9.59 Å². The molecule has 0 saturated carbocycles. The van der Waals surface area contributed by atoms with E-state index in [2.05, 4.69) is 5.32 Å². The van der Waals surface area contributed by atoms with Gasteiger partial charge in [-0.05, 0) is 31.2 Å². The Morgan fingerprint density at radius 2 is 1.85 bits per heavy atom. The molecule has 0 aliphatic heterocycles. The van der Waals surface area contributed by atoms with Crippen LogP contribution in [0.2, 0.25) is 0 Å². The molecule has 1 amide bonds. The van der Waals surface area contributed by atoms with Crippen molar-refractivity contribution in [2.75, 3.05) is 26.1 Å². The molecule has 7 heteroatoms. The van der Waals surface area contributed by atoms with Crippen molar-refractivity contribution in [2.45, 2.75) is 6.92 Å². The maximum atomic E-state index is 12.9. The second kappa shape index (κ2) is 8.09. The number of thiophene rings is 1. The minimum atomic E-state index is -0.470. The summed E-state index contributed by atoms with van der Waals surface area (Å²) in [5, 5.41) is 4.00. The van der Waals surface area contributed by atoms with Crippen molar-refractivity contribution in [1.29, 1.82) is 0 Å². The Morgan fingerprint density at radius 1 is 1.07 bits per heavy atom. The van der Waals surface area contributed by atoms with Crippen molar-refractivity contribution in [3.8, 4) is 11.5 Å². The van der Waals surface area contributed by atoms with E-state index in [1.807, 2.05) is 24.3 Å². The average Bonchev–Trinajstić information content (AvgIpc) is 3.05. The summed E-state index contributed by atoms with van der Waals surface area (Å²) in [6.45, 7) is 1.99. The summed E-state index contributed by atoms with van der Waals surface area (Å²) >= 11 is 1.32. The van der Waals surface area contributed by atoms with Gasteiger partial charge in [0, 0.05) is 10.1 Å². The normalized spacial score (nSPS) is 10.5. The fourth-order valence-corrected chi connectivity index (χ4v) is 3.79. The molecule has 0 atom stereocenters. The minimum Gasteiger partial charge on any atom is -0.497 e. The topological polar surface area (TPSA) is 73.9 Å². The molecule has 0 bridgehead atoms. The molecule has 27 heavy (non-hydrogen) atoms. The van der Waals surface area contributed by atoms with Crippen molar-refractivity contribution < 1.29 is 23.8 Å². The van der Waals surface area contributed by atoms with Gasteiger partial charge in [-0.3, -0.25) is 4.79 Å². The van der Waals surface area contributed by atoms with Gasteiger partial charge < -0.3 is 19.5 Å². The number of fused-ring (bicyclic) bond motifs is 1. The fourth-order valence-electron chi connectivity index (χ4n) is 2.70. The highest BCUT2D eigenvalue weighted by Crippen LogP contribution is 2.37. The van der Waals surface area contributed by atoms with Gasteiger partial charge in [0.1, 0.15) is 22.1 Å². The van der Waals surface area contributed by atoms with E-state index in [4.69, 9.17) is 14.2 Å². The van der Waals surface area contributed by atoms with Gasteiger partial charge in [0.15, 0.2) is 0 Å². The van der Waals surface area contributed by atoms with E-state index in [0.717, 1.165) is 10.1 Å². The second-order valence-corrected chi connectivity index (χ2v) is 6.60. The predicted molar refractivity (Wildman–Crippen MR) is 105 cm³/mol. The lowest BCUT2D eigenvalue weighted by molar-refractivity contribution is 0.0530. The molecule has 1 N–H and O–H groups in total. The summed E-state index contributed by atoms with van der Waals surface area (Å²) in [7, 11) is 3.01. The van der Waals surface area contributed by atoms with Gasteiger partial charge in [0.2, 0.25) is 0 Å². The second-order valence-electron chi connectivity index (χ2n) is 5.54. The SMILES string of the molecule is CCOC(=O)c1c(NC(=O)c2cc(OC)ccc2OC)sc2ccccc12. The van der Waals surface area contributed by atoms with Crippen LogP contribution in [0, 0.1) is 0 Å². The van der Waals surface area contributed by atoms with Crippen molar-refractivity contribution >= 4 is 38.3 Å². The van der Waals surface area contributed by atoms with Gasteiger partial charge in [0.05, 0.1) is 26.4 Å². The molecule has 140 valence electrons. The predicted octanol–water partition coefficient (Wildman–Crippen LogP) is 4.35. The molecule has 0 unspecified atom stereocenters. The number of methoxy groups -OCH3 is 2. The van der Waals surface area contributed by atoms with Crippen LogP contribution in [0.15, 0.2) is 42.5 Å². The summed E-state index contributed by atoms with van der Waals surface area (Å²) in [6, 6.07) is 12.4. The highest BCUT2D eigenvalue weighted by molar-refractivity contribution is 7.23. The fraction of sp³-hybridized carbons (Fsp3) is 0.200. The van der Waals surface area contributed by atoms with Crippen LogP contribution >= 0.6 is 11.3 Å². The first kappa shape index (κ1) is 18.7. The largest absolute Gasteiger partial charge is 0.497 e. The van der Waals surface area contributed by atoms with Gasteiger partial charge >= 0.3 is 5.97 Å². The number of hydrogen-bond acceptors (Lipinski definition) is 6. The number of amides is 1. The monoisotopic (exact) mass is 385 g/mol. The summed E-state index contributed by atoms with van der Waals surface area (Å²) in [5.74, 6) is 0.0701. The molecule has 0 radical (unpaired) electrons. The summed E-state index contributed by atoms with van der Waals surface area (Å²) in [4.78, 5) is 25.3. The molecule has 0 aliphatic carbocycles. The van der Waals surface area contributed by atoms with Gasteiger partial charge in [-0.1, -0.05) is 18.2 Å². The van der Waals surface area contributed by atoms with E-state index >= 15 is 0 Å². The van der Waals surface area contributed by atoms with Crippen LogP contribution in [-0.2, 0) is 4.74 Å². The quantitative estimate of drug-likeness (QED) is 0.639. The number of carbonyl (C=O) groups excluding carboxylic acids is 2. The van der Waals surface area contributed by atoms with Gasteiger partial charge in [-0.25, -0.2) is 4.79 Å². The summed E-state index contributed by atoms with van der Waals surface area (Å²) in [5.41, 5.74) is 0.664. The Labute approximate surface area is 160 Å². The number of nitrogens with one attached hydrogen (secondary N) is 1.